The first-order valence-electron chi connectivity index (χ1n) is 13.2. The Bertz CT molecular complexity index is 1330. The second-order valence-corrected chi connectivity index (χ2v) is 9.26. The highest BCUT2D eigenvalue weighted by molar-refractivity contribution is 6.12. The first-order chi connectivity index (χ1) is 18.1. The van der Waals surface area contributed by atoms with Crippen LogP contribution in [0.15, 0.2) is 42.5 Å². The molecule has 0 aliphatic rings. The number of ether oxygens (including phenoxy) is 3. The number of aromatic nitrogens is 2. The van der Waals surface area contributed by atoms with Gasteiger partial charge in [-0.25, -0.2) is 4.98 Å². The zero-order chi connectivity index (χ0) is 26.4. The molecule has 2 aromatic carbocycles. The molecule has 0 aliphatic heterocycles. The molecule has 4 aromatic rings. The molecule has 2 aromatic heterocycles. The van der Waals surface area contributed by atoms with E-state index >= 15 is 0 Å². The number of nitrogens with zero attached hydrogens (tertiary/aromatic N) is 3. The molecule has 0 atom stereocenters. The van der Waals surface area contributed by atoms with Crippen molar-refractivity contribution < 1.29 is 14.2 Å². The van der Waals surface area contributed by atoms with E-state index in [0.717, 1.165) is 55.1 Å². The zero-order valence-electron chi connectivity index (χ0n) is 23.5. The average Bonchev–Trinajstić information content (AvgIpc) is 3.23. The molecule has 0 bridgehead atoms. The van der Waals surface area contributed by atoms with E-state index in [4.69, 9.17) is 19.2 Å². The van der Waals surface area contributed by atoms with Gasteiger partial charge in [-0.15, -0.1) is 12.4 Å². The first kappa shape index (κ1) is 29.6. The number of benzene rings is 2. The van der Waals surface area contributed by atoms with Gasteiger partial charge in [0.2, 0.25) is 5.75 Å². The summed E-state index contributed by atoms with van der Waals surface area (Å²) in [6.07, 6.45) is 2.34. The molecule has 4 rings (SSSR count). The fourth-order valence-electron chi connectivity index (χ4n) is 5.10. The summed E-state index contributed by atoms with van der Waals surface area (Å²) in [7, 11) is 7.00. The smallest absolute Gasteiger partial charge is 0.203 e. The van der Waals surface area contributed by atoms with Crippen LogP contribution in [0.25, 0.3) is 33.1 Å². The molecule has 0 unspecified atom stereocenters. The van der Waals surface area contributed by atoms with Crippen LogP contribution in [0.2, 0.25) is 0 Å². The molecule has 2 heterocycles. The largest absolute Gasteiger partial charge is 0.493 e. The van der Waals surface area contributed by atoms with Crippen molar-refractivity contribution in [3.05, 3.63) is 48.2 Å². The minimum Gasteiger partial charge on any atom is -0.493 e. The molecular weight excluding hydrogens is 500 g/mol. The lowest BCUT2D eigenvalue weighted by Crippen LogP contribution is -2.25. The summed E-state index contributed by atoms with van der Waals surface area (Å²) >= 11 is 0. The predicted octanol–water partition coefficient (Wildman–Crippen LogP) is 6.05. The van der Waals surface area contributed by atoms with Crippen molar-refractivity contribution in [2.24, 2.45) is 7.05 Å². The van der Waals surface area contributed by atoms with Crippen molar-refractivity contribution in [1.82, 2.24) is 19.8 Å². The Morgan fingerprint density at radius 2 is 1.58 bits per heavy atom. The Labute approximate surface area is 232 Å². The van der Waals surface area contributed by atoms with Gasteiger partial charge in [0.15, 0.2) is 11.5 Å². The molecule has 8 heteroatoms. The highest BCUT2D eigenvalue weighted by Gasteiger charge is 2.20. The molecule has 7 nitrogen and oxygen atoms in total. The summed E-state index contributed by atoms with van der Waals surface area (Å²) in [5.41, 5.74) is 5.09. The zero-order valence-corrected chi connectivity index (χ0v) is 24.3. The van der Waals surface area contributed by atoms with Gasteiger partial charge in [0, 0.05) is 35.4 Å². The third kappa shape index (κ3) is 6.01. The highest BCUT2D eigenvalue weighted by Crippen LogP contribution is 2.43. The molecule has 1 N–H and O–H groups in total. The van der Waals surface area contributed by atoms with E-state index in [1.807, 2.05) is 12.1 Å². The lowest BCUT2D eigenvalue weighted by Gasteiger charge is -2.17. The molecule has 0 aliphatic carbocycles. The molecule has 0 fully saturated rings. The summed E-state index contributed by atoms with van der Waals surface area (Å²) < 4.78 is 19.1. The van der Waals surface area contributed by atoms with Gasteiger partial charge in [-0.05, 0) is 63.3 Å². The van der Waals surface area contributed by atoms with Crippen LogP contribution in [0.1, 0.15) is 32.4 Å². The number of aryl methyl sites for hydroxylation is 1. The standard InChI is InChI=1S/C30H40N4O3.ClH/c1-7-34(8-2)16-12-11-15-31-20-22-19-24-23-13-9-10-14-25(23)33(3)29(24)28(32-22)21-17-26(35-4)30(37-6)27(18-21)36-5;/h9-10,13-14,17-19,31H,7-8,11-12,15-16,20H2,1-6H3;1H. The number of hydrogen-bond acceptors (Lipinski definition) is 6. The number of methoxy groups -OCH3 is 3. The minimum absolute atomic E-state index is 0. The molecular formula is C30H41ClN4O3. The normalized spacial score (nSPS) is 11.2. The van der Waals surface area contributed by atoms with Crippen LogP contribution in [0.4, 0.5) is 0 Å². The number of fused-ring (bicyclic) bond motifs is 3. The van der Waals surface area contributed by atoms with E-state index < -0.39 is 0 Å². The monoisotopic (exact) mass is 540 g/mol. The van der Waals surface area contributed by atoms with Gasteiger partial charge < -0.3 is 29.0 Å². The maximum absolute atomic E-state index is 5.65. The third-order valence-electron chi connectivity index (χ3n) is 7.15. The van der Waals surface area contributed by atoms with Crippen molar-refractivity contribution >= 4 is 34.2 Å². The first-order valence-corrected chi connectivity index (χ1v) is 13.2. The number of nitrogens with one attached hydrogen (secondary N) is 1. The summed E-state index contributed by atoms with van der Waals surface area (Å²) in [6, 6.07) is 14.7. The Morgan fingerprint density at radius 3 is 2.21 bits per heavy atom. The quantitative estimate of drug-likeness (QED) is 0.208. The van der Waals surface area contributed by atoms with Gasteiger partial charge >= 0.3 is 0 Å². The molecule has 0 spiro atoms. The minimum atomic E-state index is 0. The van der Waals surface area contributed by atoms with E-state index in [-0.39, 0.29) is 12.4 Å². The lowest BCUT2D eigenvalue weighted by molar-refractivity contribution is 0.296. The van der Waals surface area contributed by atoms with Gasteiger partial charge in [-0.3, -0.25) is 0 Å². The second kappa shape index (κ2) is 13.7. The van der Waals surface area contributed by atoms with Gasteiger partial charge in [0.25, 0.3) is 0 Å². The van der Waals surface area contributed by atoms with Gasteiger partial charge in [-0.1, -0.05) is 32.0 Å². The van der Waals surface area contributed by atoms with Crippen LogP contribution in [0.5, 0.6) is 17.2 Å². The Morgan fingerprint density at radius 1 is 0.895 bits per heavy atom. The summed E-state index contributed by atoms with van der Waals surface area (Å²) in [5, 5.41) is 6.02. The lowest BCUT2D eigenvalue weighted by atomic mass is 10.0. The van der Waals surface area contributed by atoms with E-state index in [0.29, 0.717) is 23.8 Å². The molecule has 0 amide bonds. The number of para-hydroxylation sites is 1. The Hall–Kier alpha value is -3.00. The number of unbranched alkanes of at least 4 members (excludes halogenated alkanes) is 1. The van der Waals surface area contributed by atoms with E-state index in [1.165, 1.54) is 22.7 Å². The van der Waals surface area contributed by atoms with Crippen LogP contribution in [-0.4, -0.2) is 62.0 Å². The van der Waals surface area contributed by atoms with Gasteiger partial charge in [0.05, 0.1) is 38.2 Å². The maximum Gasteiger partial charge on any atom is 0.203 e. The van der Waals surface area contributed by atoms with Crippen LogP contribution < -0.4 is 19.5 Å². The maximum atomic E-state index is 5.65. The number of pyridine rings is 1. The van der Waals surface area contributed by atoms with Crippen LogP contribution in [0, 0.1) is 0 Å². The Kier molecular flexibility index (Phi) is 10.6. The van der Waals surface area contributed by atoms with Gasteiger partial charge in [-0.2, -0.15) is 0 Å². The predicted molar refractivity (Wildman–Crippen MR) is 159 cm³/mol. The molecule has 38 heavy (non-hydrogen) atoms. The number of hydrogen-bond donors (Lipinski definition) is 1. The van der Waals surface area contributed by atoms with Crippen LogP contribution in [0.3, 0.4) is 0 Å². The SMILES string of the molecule is CCN(CC)CCCCNCc1cc2c3ccccc3n(C)c2c(-c2cc(OC)c(OC)c(OC)c2)n1.Cl. The number of halogens is 1. The molecule has 0 saturated carbocycles. The van der Waals surface area contributed by atoms with Gasteiger partial charge in [0.1, 0.15) is 0 Å². The third-order valence-corrected chi connectivity index (χ3v) is 7.15. The Balaban J connectivity index is 0.00000400. The molecule has 206 valence electrons. The van der Waals surface area contributed by atoms with Crippen molar-refractivity contribution in [1.29, 1.82) is 0 Å². The summed E-state index contributed by atoms with van der Waals surface area (Å²) in [4.78, 5) is 7.63. The van der Waals surface area contributed by atoms with Crippen LogP contribution in [-0.2, 0) is 13.6 Å². The fourth-order valence-corrected chi connectivity index (χ4v) is 5.10. The van der Waals surface area contributed by atoms with Crippen LogP contribution >= 0.6 is 12.4 Å². The van der Waals surface area contributed by atoms with Crippen molar-refractivity contribution in [2.45, 2.75) is 33.2 Å². The molecule has 0 radical (unpaired) electrons. The summed E-state index contributed by atoms with van der Waals surface area (Å²) in [6.45, 7) is 9.51. The van der Waals surface area contributed by atoms with E-state index in [2.05, 4.69) is 66.0 Å². The molecule has 0 saturated heterocycles. The fraction of sp³-hybridized carbons (Fsp3) is 0.433. The average molecular weight is 541 g/mol. The van der Waals surface area contributed by atoms with E-state index in [9.17, 15) is 0 Å². The topological polar surface area (TPSA) is 60.8 Å². The highest BCUT2D eigenvalue weighted by atomic mass is 35.5. The number of rotatable bonds is 13. The van der Waals surface area contributed by atoms with Crippen molar-refractivity contribution in [3.8, 4) is 28.5 Å². The van der Waals surface area contributed by atoms with Crippen molar-refractivity contribution in [3.63, 3.8) is 0 Å². The summed E-state index contributed by atoms with van der Waals surface area (Å²) in [5.74, 6) is 1.80. The van der Waals surface area contributed by atoms with Crippen molar-refractivity contribution in [2.75, 3.05) is 47.5 Å². The second-order valence-electron chi connectivity index (χ2n) is 9.26. The van der Waals surface area contributed by atoms with E-state index in [1.54, 1.807) is 21.3 Å².